The zero-order valence-corrected chi connectivity index (χ0v) is 16.5. The van der Waals surface area contributed by atoms with Gasteiger partial charge in [0.2, 0.25) is 5.70 Å². The molecule has 0 heterocycles. The molecule has 0 aromatic rings. The SMILES string of the molecule is [C-]#[N+]C1=C[C@@]2(C)C(=CC[C@@H]3[C@@H]2CC[C@]2(C)C(=O)CC[C@@H]32)C2(CCCC2)C1=O. The third-order valence-electron chi connectivity index (χ3n) is 9.29. The second kappa shape index (κ2) is 5.43. The molecule has 3 heteroatoms. The van der Waals surface area contributed by atoms with Gasteiger partial charge >= 0.3 is 0 Å². The molecule has 0 aromatic heterocycles. The van der Waals surface area contributed by atoms with Crippen molar-refractivity contribution >= 4 is 11.6 Å². The molecule has 0 aromatic carbocycles. The number of hydrogen-bond acceptors (Lipinski definition) is 2. The Balaban J connectivity index is 1.65. The van der Waals surface area contributed by atoms with Crippen molar-refractivity contribution in [3.05, 3.63) is 34.8 Å². The van der Waals surface area contributed by atoms with Gasteiger partial charge in [0.25, 0.3) is 0 Å². The van der Waals surface area contributed by atoms with Crippen molar-refractivity contribution in [2.75, 3.05) is 0 Å². The summed E-state index contributed by atoms with van der Waals surface area (Å²) >= 11 is 0. The van der Waals surface area contributed by atoms with E-state index in [2.05, 4.69) is 24.8 Å². The van der Waals surface area contributed by atoms with Crippen LogP contribution in [0.4, 0.5) is 0 Å². The van der Waals surface area contributed by atoms with Crippen molar-refractivity contribution in [3.8, 4) is 0 Å². The Morgan fingerprint density at radius 3 is 2.52 bits per heavy atom. The van der Waals surface area contributed by atoms with E-state index in [-0.39, 0.29) is 16.6 Å². The average molecular weight is 364 g/mol. The number of ketones is 2. The first kappa shape index (κ1) is 17.4. The Morgan fingerprint density at radius 2 is 1.81 bits per heavy atom. The van der Waals surface area contributed by atoms with Gasteiger partial charge in [0.05, 0.1) is 6.57 Å². The largest absolute Gasteiger partial charge is 0.307 e. The Morgan fingerprint density at radius 1 is 1.07 bits per heavy atom. The summed E-state index contributed by atoms with van der Waals surface area (Å²) in [5, 5.41) is 0. The molecule has 3 saturated carbocycles. The fourth-order valence-electron chi connectivity index (χ4n) is 7.98. The van der Waals surface area contributed by atoms with Crippen LogP contribution in [-0.4, -0.2) is 11.6 Å². The summed E-state index contributed by atoms with van der Waals surface area (Å²) in [5.41, 5.74) is 0.992. The van der Waals surface area contributed by atoms with E-state index in [1.165, 1.54) is 5.57 Å². The fourth-order valence-corrected chi connectivity index (χ4v) is 7.98. The molecule has 0 aliphatic heterocycles. The topological polar surface area (TPSA) is 38.5 Å². The highest BCUT2D eigenvalue weighted by molar-refractivity contribution is 6.05. The molecule has 5 rings (SSSR count). The van der Waals surface area contributed by atoms with E-state index in [1.807, 2.05) is 6.08 Å². The predicted octanol–water partition coefficient (Wildman–Crippen LogP) is 5.28. The van der Waals surface area contributed by atoms with Crippen molar-refractivity contribution in [1.29, 1.82) is 0 Å². The van der Waals surface area contributed by atoms with Crippen LogP contribution in [0.1, 0.15) is 71.6 Å². The molecular formula is C24H29NO2. The van der Waals surface area contributed by atoms with Gasteiger partial charge in [-0.2, -0.15) is 0 Å². The number of carbonyl (C=O) groups is 2. The Labute approximate surface area is 162 Å². The molecule has 0 saturated heterocycles. The second-order valence-electron chi connectivity index (χ2n) is 10.2. The van der Waals surface area contributed by atoms with E-state index >= 15 is 0 Å². The summed E-state index contributed by atoms with van der Waals surface area (Å²) in [6.07, 6.45) is 13.2. The molecule has 142 valence electrons. The predicted molar refractivity (Wildman–Crippen MR) is 103 cm³/mol. The van der Waals surface area contributed by atoms with Gasteiger partial charge in [-0.25, -0.2) is 4.85 Å². The molecule has 1 spiro atoms. The summed E-state index contributed by atoms with van der Waals surface area (Å²) < 4.78 is 0. The second-order valence-corrected chi connectivity index (χ2v) is 10.2. The van der Waals surface area contributed by atoms with Crippen LogP contribution in [-0.2, 0) is 9.59 Å². The standard InChI is InChI=1S/C24H29NO2/c1-22-13-10-17-15(16(22)7-9-20(22)26)6-8-19-23(17,2)14-18(25-3)21(27)24(19)11-4-5-12-24/h8,14-17H,4-7,9-13H2,1-2H3/t15-,16-,17-,22-,23+/m0/s1. The van der Waals surface area contributed by atoms with E-state index in [0.29, 0.717) is 29.2 Å². The highest BCUT2D eigenvalue weighted by Gasteiger charge is 2.62. The number of allylic oxidation sites excluding steroid dienone is 4. The zero-order chi connectivity index (χ0) is 19.0. The van der Waals surface area contributed by atoms with Gasteiger partial charge in [-0.15, -0.1) is 0 Å². The molecule has 0 N–H and O–H groups in total. The first-order valence-electron chi connectivity index (χ1n) is 10.8. The Kier molecular flexibility index (Phi) is 3.50. The fraction of sp³-hybridized carbons (Fsp3) is 0.708. The number of Topliss-reactive ketones (excluding diaryl/α,β-unsaturated/α-hetero) is 2. The van der Waals surface area contributed by atoms with Gasteiger partial charge in [0.1, 0.15) is 5.78 Å². The van der Waals surface area contributed by atoms with E-state index in [4.69, 9.17) is 6.57 Å². The minimum Gasteiger partial charge on any atom is -0.307 e. The summed E-state index contributed by atoms with van der Waals surface area (Å²) in [6.45, 7) is 12.1. The van der Waals surface area contributed by atoms with Crippen LogP contribution in [0.15, 0.2) is 23.4 Å². The monoisotopic (exact) mass is 363 g/mol. The van der Waals surface area contributed by atoms with E-state index in [9.17, 15) is 9.59 Å². The number of carbonyl (C=O) groups excluding carboxylic acids is 2. The average Bonchev–Trinajstić information content (AvgIpc) is 3.25. The van der Waals surface area contributed by atoms with Crippen LogP contribution in [0.2, 0.25) is 0 Å². The van der Waals surface area contributed by atoms with Crippen molar-refractivity contribution in [3.63, 3.8) is 0 Å². The molecule has 0 bridgehead atoms. The molecule has 5 atom stereocenters. The van der Waals surface area contributed by atoms with E-state index in [1.54, 1.807) is 0 Å². The first-order valence-corrected chi connectivity index (χ1v) is 10.8. The summed E-state index contributed by atoms with van der Waals surface area (Å²) in [5.74, 6) is 2.01. The molecular weight excluding hydrogens is 334 g/mol. The molecule has 27 heavy (non-hydrogen) atoms. The lowest BCUT2D eigenvalue weighted by molar-refractivity contribution is -0.131. The number of fused-ring (bicyclic) bond motifs is 6. The third-order valence-corrected chi connectivity index (χ3v) is 9.29. The van der Waals surface area contributed by atoms with Gasteiger partial charge in [0, 0.05) is 22.7 Å². The van der Waals surface area contributed by atoms with Crippen LogP contribution >= 0.6 is 0 Å². The van der Waals surface area contributed by atoms with Gasteiger partial charge < -0.3 is 4.79 Å². The molecule has 5 aliphatic carbocycles. The Bertz CT molecular complexity index is 837. The van der Waals surface area contributed by atoms with Gasteiger partial charge in [0.15, 0.2) is 5.78 Å². The smallest absolute Gasteiger partial charge is 0.227 e. The lowest BCUT2D eigenvalue weighted by Crippen LogP contribution is -2.53. The van der Waals surface area contributed by atoms with E-state index in [0.717, 1.165) is 57.8 Å². The highest BCUT2D eigenvalue weighted by Crippen LogP contribution is 2.67. The van der Waals surface area contributed by atoms with Crippen molar-refractivity contribution < 1.29 is 9.59 Å². The van der Waals surface area contributed by atoms with Crippen LogP contribution in [0.3, 0.4) is 0 Å². The number of hydrogen-bond donors (Lipinski definition) is 0. The minimum atomic E-state index is -0.402. The molecule has 5 aliphatic rings. The maximum atomic E-state index is 13.2. The minimum absolute atomic E-state index is 0.0915. The quantitative estimate of drug-likeness (QED) is 0.434. The maximum absolute atomic E-state index is 13.2. The first-order chi connectivity index (χ1) is 12.9. The highest BCUT2D eigenvalue weighted by atomic mass is 16.1. The van der Waals surface area contributed by atoms with Crippen LogP contribution < -0.4 is 0 Å². The normalized spacial score (nSPS) is 44.9. The number of nitrogens with zero attached hydrogens (tertiary/aromatic N) is 1. The zero-order valence-electron chi connectivity index (χ0n) is 16.5. The van der Waals surface area contributed by atoms with Crippen LogP contribution in [0, 0.1) is 40.6 Å². The van der Waals surface area contributed by atoms with Gasteiger partial charge in [-0.05, 0) is 56.3 Å². The molecule has 0 unspecified atom stereocenters. The lowest BCUT2D eigenvalue weighted by Gasteiger charge is -2.58. The summed E-state index contributed by atoms with van der Waals surface area (Å²) in [4.78, 5) is 29.5. The number of rotatable bonds is 0. The van der Waals surface area contributed by atoms with Crippen molar-refractivity contribution in [2.45, 2.75) is 71.6 Å². The molecule has 0 radical (unpaired) electrons. The lowest BCUT2D eigenvalue weighted by atomic mass is 9.45. The molecule has 3 nitrogen and oxygen atoms in total. The molecule has 0 amide bonds. The Hall–Kier alpha value is -1.69. The maximum Gasteiger partial charge on any atom is 0.227 e. The third kappa shape index (κ3) is 1.97. The molecule has 3 fully saturated rings. The summed E-state index contributed by atoms with van der Waals surface area (Å²) in [6, 6.07) is 0. The van der Waals surface area contributed by atoms with Crippen LogP contribution in [0.5, 0.6) is 0 Å². The summed E-state index contributed by atoms with van der Waals surface area (Å²) in [7, 11) is 0. The van der Waals surface area contributed by atoms with Crippen LogP contribution in [0.25, 0.3) is 4.85 Å². The van der Waals surface area contributed by atoms with Gasteiger partial charge in [-0.3, -0.25) is 4.79 Å². The van der Waals surface area contributed by atoms with E-state index < -0.39 is 5.41 Å². The van der Waals surface area contributed by atoms with Crippen molar-refractivity contribution in [2.24, 2.45) is 34.0 Å². The van der Waals surface area contributed by atoms with Crippen molar-refractivity contribution in [1.82, 2.24) is 0 Å². The van der Waals surface area contributed by atoms with Gasteiger partial charge in [-0.1, -0.05) is 44.4 Å².